The number of alkyl halides is 1. The van der Waals surface area contributed by atoms with Crippen molar-refractivity contribution in [1.29, 1.82) is 0 Å². The molecule has 0 saturated carbocycles. The van der Waals surface area contributed by atoms with Crippen LogP contribution in [0.25, 0.3) is 0 Å². The zero-order chi connectivity index (χ0) is 9.84. The molecule has 0 aliphatic heterocycles. The maximum absolute atomic E-state index is 9.12. The van der Waals surface area contributed by atoms with Gasteiger partial charge in [-0.15, -0.1) is 11.6 Å². The summed E-state index contributed by atoms with van der Waals surface area (Å²) in [6.07, 6.45) is 0. The predicted octanol–water partition coefficient (Wildman–Crippen LogP) is 2.22. The van der Waals surface area contributed by atoms with E-state index >= 15 is 0 Å². The van der Waals surface area contributed by atoms with Crippen molar-refractivity contribution in [3.63, 3.8) is 0 Å². The van der Waals surface area contributed by atoms with Gasteiger partial charge in [0.15, 0.2) is 0 Å². The van der Waals surface area contributed by atoms with E-state index in [0.29, 0.717) is 5.84 Å². The summed E-state index contributed by atoms with van der Waals surface area (Å²) >= 11 is 7.55. The number of rotatable bonds is 2. The minimum absolute atomic E-state index is 0.205. The van der Waals surface area contributed by atoms with Crippen LogP contribution in [0.4, 0.5) is 5.69 Å². The van der Waals surface area contributed by atoms with E-state index in [4.69, 9.17) is 22.4 Å². The van der Waals surface area contributed by atoms with E-state index in [-0.39, 0.29) is 11.6 Å². The molecule has 0 amide bonds. The van der Waals surface area contributed by atoms with Gasteiger partial charge in [0.1, 0.15) is 11.6 Å². The number of amidine groups is 1. The van der Waals surface area contributed by atoms with Crippen LogP contribution >= 0.6 is 34.2 Å². The molecule has 0 unspecified atom stereocenters. The van der Waals surface area contributed by atoms with Crippen LogP contribution in [0.5, 0.6) is 5.75 Å². The summed E-state index contributed by atoms with van der Waals surface area (Å²) in [5.74, 6) is 0.787. The number of aromatic hydroxyl groups is 1. The highest BCUT2D eigenvalue weighted by Gasteiger charge is 1.99. The van der Waals surface area contributed by atoms with Gasteiger partial charge in [-0.3, -0.25) is 0 Å². The van der Waals surface area contributed by atoms with E-state index < -0.39 is 0 Å². The van der Waals surface area contributed by atoms with Crippen LogP contribution in [0.2, 0.25) is 0 Å². The van der Waals surface area contributed by atoms with E-state index in [9.17, 15) is 0 Å². The summed E-state index contributed by atoms with van der Waals surface area (Å²) in [6.45, 7) is 0. The van der Waals surface area contributed by atoms with Crippen molar-refractivity contribution in [3.05, 3.63) is 21.8 Å². The molecule has 1 rings (SSSR count). The third-order valence-corrected chi connectivity index (χ3v) is 2.47. The Morgan fingerprint density at radius 2 is 2.31 bits per heavy atom. The molecule has 1 aromatic rings. The molecule has 0 heterocycles. The summed E-state index contributed by atoms with van der Waals surface area (Å²) in [5.41, 5.74) is 6.18. The summed E-state index contributed by atoms with van der Waals surface area (Å²) in [5, 5.41) is 9.12. The Morgan fingerprint density at radius 3 is 2.85 bits per heavy atom. The lowest BCUT2D eigenvalue weighted by Crippen LogP contribution is -2.12. The molecule has 0 aliphatic rings. The van der Waals surface area contributed by atoms with Gasteiger partial charge in [-0.2, -0.15) is 0 Å². The van der Waals surface area contributed by atoms with Crippen LogP contribution in [-0.4, -0.2) is 16.8 Å². The van der Waals surface area contributed by atoms with Crippen molar-refractivity contribution in [2.45, 2.75) is 0 Å². The Hall–Kier alpha value is -0.490. The number of aliphatic imine (C=N–C) groups is 1. The Balaban J connectivity index is 3.03. The highest BCUT2D eigenvalue weighted by Crippen LogP contribution is 2.25. The molecule has 3 N–H and O–H groups in total. The number of hydrogen-bond donors (Lipinski definition) is 2. The van der Waals surface area contributed by atoms with Crippen LogP contribution in [0.3, 0.4) is 0 Å². The smallest absolute Gasteiger partial charge is 0.116 e. The number of nitrogens with two attached hydrogens (primary N) is 1. The van der Waals surface area contributed by atoms with E-state index in [1.807, 2.05) is 0 Å². The average molecular weight is 311 g/mol. The number of nitrogens with zero attached hydrogens (tertiary/aromatic N) is 1. The third-order valence-electron chi connectivity index (χ3n) is 1.33. The number of hydrogen-bond acceptors (Lipinski definition) is 2. The molecule has 5 heteroatoms. The van der Waals surface area contributed by atoms with Crippen LogP contribution in [0.1, 0.15) is 0 Å². The highest BCUT2D eigenvalue weighted by atomic mass is 127. The van der Waals surface area contributed by atoms with Gasteiger partial charge in [-0.1, -0.05) is 0 Å². The molecule has 0 aromatic heterocycles. The van der Waals surface area contributed by atoms with Crippen molar-refractivity contribution >= 4 is 45.7 Å². The summed E-state index contributed by atoms with van der Waals surface area (Å²) in [6, 6.07) is 4.86. The molecule has 13 heavy (non-hydrogen) atoms. The van der Waals surface area contributed by atoms with Gasteiger partial charge >= 0.3 is 0 Å². The SMILES string of the molecule is NC(CCl)=Nc1ccc(O)cc1I. The first-order valence-electron chi connectivity index (χ1n) is 3.51. The molecule has 0 bridgehead atoms. The number of phenols is 1. The first-order valence-corrected chi connectivity index (χ1v) is 5.12. The van der Waals surface area contributed by atoms with Crippen LogP contribution < -0.4 is 5.73 Å². The topological polar surface area (TPSA) is 58.6 Å². The zero-order valence-electron chi connectivity index (χ0n) is 6.67. The number of benzene rings is 1. The average Bonchev–Trinajstić information content (AvgIpc) is 2.09. The van der Waals surface area contributed by atoms with E-state index in [0.717, 1.165) is 9.26 Å². The normalized spacial score (nSPS) is 11.7. The standard InChI is InChI=1S/C8H8ClIN2O/c9-4-8(11)12-7-2-1-5(13)3-6(7)10/h1-3,13H,4H2,(H2,11,12). The fourth-order valence-electron chi connectivity index (χ4n) is 0.771. The maximum atomic E-state index is 9.12. The lowest BCUT2D eigenvalue weighted by molar-refractivity contribution is 0.475. The van der Waals surface area contributed by atoms with Gasteiger partial charge in [0.2, 0.25) is 0 Å². The van der Waals surface area contributed by atoms with Crippen LogP contribution in [-0.2, 0) is 0 Å². The van der Waals surface area contributed by atoms with E-state index in [1.54, 1.807) is 18.2 Å². The maximum Gasteiger partial charge on any atom is 0.116 e. The van der Waals surface area contributed by atoms with Crippen molar-refractivity contribution in [1.82, 2.24) is 0 Å². The fourth-order valence-corrected chi connectivity index (χ4v) is 1.45. The molecule has 0 atom stereocenters. The second-order valence-electron chi connectivity index (χ2n) is 2.37. The Bertz CT molecular complexity index is 341. The van der Waals surface area contributed by atoms with Crippen LogP contribution in [0, 0.1) is 3.57 Å². The molecule has 1 aromatic carbocycles. The summed E-state index contributed by atoms with van der Waals surface area (Å²) in [4.78, 5) is 4.06. The largest absolute Gasteiger partial charge is 0.508 e. The van der Waals surface area contributed by atoms with E-state index in [1.165, 1.54) is 0 Å². The molecule has 0 saturated heterocycles. The molecule has 3 nitrogen and oxygen atoms in total. The Morgan fingerprint density at radius 1 is 1.62 bits per heavy atom. The monoisotopic (exact) mass is 310 g/mol. The van der Waals surface area contributed by atoms with Gasteiger partial charge in [0, 0.05) is 3.57 Å². The van der Waals surface area contributed by atoms with Crippen molar-refractivity contribution in [2.24, 2.45) is 10.7 Å². The number of halogens is 2. The second kappa shape index (κ2) is 4.66. The second-order valence-corrected chi connectivity index (χ2v) is 3.80. The summed E-state index contributed by atoms with van der Waals surface area (Å²) < 4.78 is 0.839. The minimum atomic E-state index is 0.205. The number of phenolic OH excluding ortho intramolecular Hbond substituents is 1. The molecular formula is C8H8ClIN2O. The van der Waals surface area contributed by atoms with Gasteiger partial charge in [0.25, 0.3) is 0 Å². The van der Waals surface area contributed by atoms with Gasteiger partial charge < -0.3 is 10.8 Å². The molecule has 0 radical (unpaired) electrons. The summed E-state index contributed by atoms with van der Waals surface area (Å²) in [7, 11) is 0. The van der Waals surface area contributed by atoms with Crippen LogP contribution in [0.15, 0.2) is 23.2 Å². The van der Waals surface area contributed by atoms with Gasteiger partial charge in [0.05, 0.1) is 11.6 Å². The molecule has 70 valence electrons. The Kier molecular flexibility index (Phi) is 3.80. The lowest BCUT2D eigenvalue weighted by atomic mass is 10.3. The minimum Gasteiger partial charge on any atom is -0.508 e. The molecule has 0 spiro atoms. The molecule has 0 aliphatic carbocycles. The van der Waals surface area contributed by atoms with Crippen molar-refractivity contribution in [3.8, 4) is 5.75 Å². The van der Waals surface area contributed by atoms with Crippen molar-refractivity contribution in [2.75, 3.05) is 5.88 Å². The predicted molar refractivity (Wildman–Crippen MR) is 62.8 cm³/mol. The first kappa shape index (κ1) is 10.6. The Labute approximate surface area is 94.8 Å². The molecule has 0 fully saturated rings. The van der Waals surface area contributed by atoms with Gasteiger partial charge in [-0.05, 0) is 40.8 Å². The fraction of sp³-hybridized carbons (Fsp3) is 0.125. The first-order chi connectivity index (χ1) is 6.13. The lowest BCUT2D eigenvalue weighted by Gasteiger charge is -2.00. The third kappa shape index (κ3) is 3.04. The highest BCUT2D eigenvalue weighted by molar-refractivity contribution is 14.1. The van der Waals surface area contributed by atoms with E-state index in [2.05, 4.69) is 27.6 Å². The zero-order valence-corrected chi connectivity index (χ0v) is 9.58. The quantitative estimate of drug-likeness (QED) is 0.381. The molecular weight excluding hydrogens is 302 g/mol. The van der Waals surface area contributed by atoms with Gasteiger partial charge in [-0.25, -0.2) is 4.99 Å². The van der Waals surface area contributed by atoms with Crippen molar-refractivity contribution < 1.29 is 5.11 Å².